The zero-order chi connectivity index (χ0) is 12.3. The molecule has 2 aromatic rings. The number of hydrogen-bond donors (Lipinski definition) is 0. The number of hydrogen-bond acceptors (Lipinski definition) is 0. The van der Waals surface area contributed by atoms with E-state index in [4.69, 9.17) is 0 Å². The van der Waals surface area contributed by atoms with Crippen LogP contribution in [-0.4, -0.2) is 0 Å². The number of halogens is 1. The lowest BCUT2D eigenvalue weighted by atomic mass is 9.87. The molecule has 0 amide bonds. The fourth-order valence-corrected chi connectivity index (χ4v) is 3.83. The van der Waals surface area contributed by atoms with E-state index in [1.807, 2.05) is 0 Å². The van der Waals surface area contributed by atoms with Crippen molar-refractivity contribution in [1.29, 1.82) is 0 Å². The van der Waals surface area contributed by atoms with Gasteiger partial charge < -0.3 is 0 Å². The molecule has 0 bridgehead atoms. The van der Waals surface area contributed by atoms with E-state index in [9.17, 15) is 0 Å². The Morgan fingerprint density at radius 3 is 1.76 bits per heavy atom. The van der Waals surface area contributed by atoms with Crippen LogP contribution >= 0.6 is 0 Å². The van der Waals surface area contributed by atoms with Gasteiger partial charge in [-0.2, -0.15) is 0 Å². The minimum Gasteiger partial charge on any atom is -0.0619 e. The van der Waals surface area contributed by atoms with Crippen molar-refractivity contribution in [2.75, 3.05) is 0 Å². The van der Waals surface area contributed by atoms with Crippen LogP contribution in [0.5, 0.6) is 0 Å². The summed E-state index contributed by atoms with van der Waals surface area (Å²) in [4.78, 5) is 0. The molecule has 0 fully saturated rings. The van der Waals surface area contributed by atoms with Gasteiger partial charge in [0.1, 0.15) is 0 Å². The second kappa shape index (κ2) is 5.21. The maximum absolute atomic E-state index is 2.29. The van der Waals surface area contributed by atoms with Crippen molar-refractivity contribution in [3.63, 3.8) is 0 Å². The minimum atomic E-state index is -0.0208. The third-order valence-corrected chi connectivity index (χ3v) is 5.35. The van der Waals surface area contributed by atoms with Crippen molar-refractivity contribution in [1.82, 2.24) is 0 Å². The Kier molecular flexibility index (Phi) is 3.87. The molecule has 0 spiro atoms. The van der Waals surface area contributed by atoms with Gasteiger partial charge in [-0.05, 0) is 35.2 Å². The number of benzene rings is 2. The third-order valence-electron chi connectivity index (χ3n) is 2.66. The van der Waals surface area contributed by atoms with Gasteiger partial charge in [0, 0.05) is 0 Å². The first-order chi connectivity index (χ1) is 8.05. The molecule has 0 aliphatic carbocycles. The van der Waals surface area contributed by atoms with E-state index >= 15 is 0 Å². The van der Waals surface area contributed by atoms with E-state index in [0.29, 0.717) is 0 Å². The minimum absolute atomic E-state index is 0.0208. The van der Waals surface area contributed by atoms with Crippen molar-refractivity contribution >= 4 is 0 Å². The predicted octanol–water partition coefficient (Wildman–Crippen LogP) is 1.11. The monoisotopic (exact) mass is 337 g/mol. The van der Waals surface area contributed by atoms with Crippen LogP contribution < -0.4 is 21.2 Å². The summed E-state index contributed by atoms with van der Waals surface area (Å²) in [7, 11) is 0. The van der Waals surface area contributed by atoms with Gasteiger partial charge >= 0.3 is 21.2 Å². The Hall–Kier alpha value is -0.830. The lowest BCUT2D eigenvalue weighted by Gasteiger charge is -2.18. The lowest BCUT2D eigenvalue weighted by Crippen LogP contribution is -3.61. The summed E-state index contributed by atoms with van der Waals surface area (Å²) in [6.07, 6.45) is 0. The Bertz CT molecular complexity index is 463. The van der Waals surface area contributed by atoms with E-state index in [2.05, 4.69) is 75.4 Å². The van der Waals surface area contributed by atoms with E-state index in [0.717, 1.165) is 0 Å². The average molecular weight is 337 g/mol. The van der Waals surface area contributed by atoms with Crippen molar-refractivity contribution < 1.29 is 21.2 Å². The fourth-order valence-electron chi connectivity index (χ4n) is 1.62. The Morgan fingerprint density at radius 1 is 0.706 bits per heavy atom. The Labute approximate surface area is 114 Å². The zero-order valence-electron chi connectivity index (χ0n) is 10.6. The molecule has 0 nitrogen and oxygen atoms in total. The molecular weight excluding hydrogens is 319 g/mol. The fraction of sp³-hybridized carbons (Fsp3) is 0.250. The summed E-state index contributed by atoms with van der Waals surface area (Å²) in [6, 6.07) is 19.9. The first-order valence-corrected chi connectivity index (χ1v) is 8.02. The normalized spacial score (nSPS) is 11.5. The largest absolute Gasteiger partial charge is 0.357 e. The standard InChI is InChI=1S/C16H18I/c1-16(2,3)13-9-11-15(12-10-13)17-14-7-5-4-6-8-14/h4-12H,1-3H3/q+1. The van der Waals surface area contributed by atoms with Crippen LogP contribution in [0.1, 0.15) is 26.3 Å². The van der Waals surface area contributed by atoms with Crippen molar-refractivity contribution in [2.45, 2.75) is 26.2 Å². The summed E-state index contributed by atoms with van der Waals surface area (Å²) in [5.41, 5.74) is 1.67. The SMILES string of the molecule is CC(C)(C)c1ccc([I+]c2ccccc2)cc1. The highest BCUT2D eigenvalue weighted by atomic mass is 127. The van der Waals surface area contributed by atoms with E-state index < -0.39 is 0 Å². The molecule has 17 heavy (non-hydrogen) atoms. The van der Waals surface area contributed by atoms with Crippen LogP contribution in [0.4, 0.5) is 0 Å². The van der Waals surface area contributed by atoms with Gasteiger partial charge in [0.15, 0.2) is 7.14 Å². The van der Waals surface area contributed by atoms with E-state index in [1.165, 1.54) is 12.7 Å². The predicted molar refractivity (Wildman–Crippen MR) is 69.0 cm³/mol. The molecule has 0 radical (unpaired) electrons. The third kappa shape index (κ3) is 3.56. The Balaban J connectivity index is 2.14. The van der Waals surface area contributed by atoms with Crippen LogP contribution in [0.3, 0.4) is 0 Å². The molecule has 2 rings (SSSR count). The zero-order valence-corrected chi connectivity index (χ0v) is 12.7. The van der Waals surface area contributed by atoms with Gasteiger partial charge in [-0.1, -0.05) is 51.1 Å². The van der Waals surface area contributed by atoms with Gasteiger partial charge in [-0.3, -0.25) is 0 Å². The summed E-state index contributed by atoms with van der Waals surface area (Å²) >= 11 is -0.0208. The molecule has 0 unspecified atom stereocenters. The molecule has 0 aromatic heterocycles. The van der Waals surface area contributed by atoms with Crippen LogP contribution in [0.25, 0.3) is 0 Å². The number of rotatable bonds is 2. The van der Waals surface area contributed by atoms with Gasteiger partial charge in [0.2, 0.25) is 0 Å². The molecule has 1 heteroatoms. The molecule has 2 aromatic carbocycles. The van der Waals surface area contributed by atoms with Crippen LogP contribution in [0.15, 0.2) is 54.6 Å². The molecule has 0 atom stereocenters. The Morgan fingerprint density at radius 2 is 1.24 bits per heavy atom. The molecule has 0 saturated heterocycles. The lowest BCUT2D eigenvalue weighted by molar-refractivity contribution is -0.597. The van der Waals surface area contributed by atoms with Crippen molar-refractivity contribution in [3.8, 4) is 0 Å². The van der Waals surface area contributed by atoms with Gasteiger partial charge in [0.25, 0.3) is 0 Å². The second-order valence-electron chi connectivity index (χ2n) is 5.15. The van der Waals surface area contributed by atoms with Crippen LogP contribution in [-0.2, 0) is 5.41 Å². The molecular formula is C16H18I+. The molecule has 0 aliphatic heterocycles. The summed E-state index contributed by atoms with van der Waals surface area (Å²) in [6.45, 7) is 6.77. The topological polar surface area (TPSA) is 0 Å². The first kappa shape index (κ1) is 12.6. The van der Waals surface area contributed by atoms with Crippen LogP contribution in [0, 0.1) is 7.14 Å². The summed E-state index contributed by atoms with van der Waals surface area (Å²) < 4.78 is 2.97. The smallest absolute Gasteiger partial charge is 0.0619 e. The van der Waals surface area contributed by atoms with Gasteiger partial charge in [0.05, 0.1) is 0 Å². The van der Waals surface area contributed by atoms with Crippen LogP contribution in [0.2, 0.25) is 0 Å². The van der Waals surface area contributed by atoms with E-state index in [1.54, 1.807) is 0 Å². The van der Waals surface area contributed by atoms with Gasteiger partial charge in [-0.15, -0.1) is 0 Å². The van der Waals surface area contributed by atoms with Gasteiger partial charge in [-0.25, -0.2) is 0 Å². The quantitative estimate of drug-likeness (QED) is 0.721. The summed E-state index contributed by atoms with van der Waals surface area (Å²) in [5.74, 6) is 0. The average Bonchev–Trinajstić information content (AvgIpc) is 2.30. The first-order valence-electron chi connectivity index (χ1n) is 5.86. The summed E-state index contributed by atoms with van der Waals surface area (Å²) in [5, 5.41) is 0. The highest BCUT2D eigenvalue weighted by Gasteiger charge is 2.17. The maximum atomic E-state index is 2.29. The van der Waals surface area contributed by atoms with Crippen molar-refractivity contribution in [2.24, 2.45) is 0 Å². The molecule has 0 heterocycles. The molecule has 88 valence electrons. The molecule has 0 saturated carbocycles. The molecule has 0 aliphatic rings. The second-order valence-corrected chi connectivity index (χ2v) is 8.18. The van der Waals surface area contributed by atoms with E-state index in [-0.39, 0.29) is 26.6 Å². The highest BCUT2D eigenvalue weighted by molar-refractivity contribution is 5.22. The highest BCUT2D eigenvalue weighted by Crippen LogP contribution is 2.20. The molecule has 0 N–H and O–H groups in total. The maximum Gasteiger partial charge on any atom is 0.357 e. The van der Waals surface area contributed by atoms with Crippen molar-refractivity contribution in [3.05, 3.63) is 67.3 Å².